The molecule has 0 saturated carbocycles. The highest BCUT2D eigenvalue weighted by Gasteiger charge is 2.28. The van der Waals surface area contributed by atoms with Crippen LogP contribution in [0, 0.1) is 11.8 Å². The molecule has 3 N–H and O–H groups in total. The molecule has 1 aliphatic heterocycles. The summed E-state index contributed by atoms with van der Waals surface area (Å²) in [5.74, 6) is 0.145. The van der Waals surface area contributed by atoms with Gasteiger partial charge in [-0.2, -0.15) is 0 Å². The largest absolute Gasteiger partial charge is 0.345 e. The van der Waals surface area contributed by atoms with E-state index in [1.807, 2.05) is 18.2 Å². The highest BCUT2D eigenvalue weighted by atomic mass is 16.2. The second kappa shape index (κ2) is 7.55. The Kier molecular flexibility index (Phi) is 5.21. The van der Waals surface area contributed by atoms with Crippen LogP contribution in [0.3, 0.4) is 0 Å². The van der Waals surface area contributed by atoms with Gasteiger partial charge < -0.3 is 20.5 Å². The van der Waals surface area contributed by atoms with Gasteiger partial charge in [0.2, 0.25) is 5.91 Å². The zero-order valence-corrected chi connectivity index (χ0v) is 14.7. The highest BCUT2D eigenvalue weighted by molar-refractivity contribution is 6.00. The van der Waals surface area contributed by atoms with Gasteiger partial charge in [0.25, 0.3) is 0 Å². The first-order chi connectivity index (χ1) is 12.0. The molecule has 2 heterocycles. The number of aromatic nitrogens is 2. The first kappa shape index (κ1) is 17.3. The van der Waals surface area contributed by atoms with E-state index in [1.54, 1.807) is 11.2 Å². The number of rotatable bonds is 4. The molecule has 1 aliphatic rings. The fourth-order valence-electron chi connectivity index (χ4n) is 3.08. The standard InChI is InChI=1S/C18H25N5O2/c1-12(2)9-19-18(25)23-8-4-5-13(10-23)17(24)22-15-7-3-6-14-16(15)21-11-20-14/h3,6-7,11-13H,4-5,8-10H2,1-2H3,(H,19,25)(H,20,21)(H,22,24)/t13-/m1/s1. The molecule has 3 amide bonds. The minimum absolute atomic E-state index is 0.0585. The van der Waals surface area contributed by atoms with E-state index in [0.717, 1.165) is 23.9 Å². The molecule has 134 valence electrons. The first-order valence-electron chi connectivity index (χ1n) is 8.80. The summed E-state index contributed by atoms with van der Waals surface area (Å²) >= 11 is 0. The number of hydrogen-bond donors (Lipinski definition) is 3. The van der Waals surface area contributed by atoms with Gasteiger partial charge in [-0.3, -0.25) is 4.79 Å². The van der Waals surface area contributed by atoms with Gasteiger partial charge in [-0.05, 0) is 30.9 Å². The molecular formula is C18H25N5O2. The lowest BCUT2D eigenvalue weighted by molar-refractivity contribution is -0.121. The molecule has 0 radical (unpaired) electrons. The van der Waals surface area contributed by atoms with Gasteiger partial charge >= 0.3 is 6.03 Å². The Morgan fingerprint density at radius 3 is 3.04 bits per heavy atom. The van der Waals surface area contributed by atoms with E-state index in [9.17, 15) is 9.59 Å². The molecule has 0 unspecified atom stereocenters. The number of aromatic amines is 1. The zero-order chi connectivity index (χ0) is 17.8. The third-order valence-corrected chi connectivity index (χ3v) is 4.45. The summed E-state index contributed by atoms with van der Waals surface area (Å²) in [5, 5.41) is 5.89. The van der Waals surface area contributed by atoms with Crippen LogP contribution in [0.1, 0.15) is 26.7 Å². The molecule has 1 aromatic heterocycles. The minimum atomic E-state index is -0.201. The summed E-state index contributed by atoms with van der Waals surface area (Å²) in [6.45, 7) is 5.91. The van der Waals surface area contributed by atoms with Gasteiger partial charge in [0.05, 0.1) is 23.4 Å². The zero-order valence-electron chi connectivity index (χ0n) is 14.7. The summed E-state index contributed by atoms with van der Waals surface area (Å²) in [4.78, 5) is 33.9. The molecule has 1 atom stereocenters. The lowest BCUT2D eigenvalue weighted by atomic mass is 9.97. The van der Waals surface area contributed by atoms with Gasteiger partial charge in [-0.25, -0.2) is 9.78 Å². The van der Waals surface area contributed by atoms with E-state index in [1.165, 1.54) is 0 Å². The van der Waals surface area contributed by atoms with E-state index < -0.39 is 0 Å². The topological polar surface area (TPSA) is 90.1 Å². The van der Waals surface area contributed by atoms with Crippen LogP contribution in [0.15, 0.2) is 24.5 Å². The van der Waals surface area contributed by atoms with Crippen LogP contribution in [0.2, 0.25) is 0 Å². The maximum atomic E-state index is 12.7. The van der Waals surface area contributed by atoms with Crippen molar-refractivity contribution in [2.24, 2.45) is 11.8 Å². The van der Waals surface area contributed by atoms with Gasteiger partial charge in [0.15, 0.2) is 0 Å². The van der Waals surface area contributed by atoms with Crippen molar-refractivity contribution in [2.75, 3.05) is 25.0 Å². The fourth-order valence-corrected chi connectivity index (χ4v) is 3.08. The summed E-state index contributed by atoms with van der Waals surface area (Å²) in [7, 11) is 0. The molecular weight excluding hydrogens is 318 g/mol. The predicted molar refractivity (Wildman–Crippen MR) is 97.3 cm³/mol. The predicted octanol–water partition coefficient (Wildman–Crippen LogP) is 2.58. The summed E-state index contributed by atoms with van der Waals surface area (Å²) in [6.07, 6.45) is 3.23. The van der Waals surface area contributed by atoms with Crippen molar-refractivity contribution in [2.45, 2.75) is 26.7 Å². The Bertz CT molecular complexity index is 755. The number of anilines is 1. The quantitative estimate of drug-likeness (QED) is 0.797. The highest BCUT2D eigenvalue weighted by Crippen LogP contribution is 2.23. The van der Waals surface area contributed by atoms with Crippen LogP contribution in [-0.4, -0.2) is 46.4 Å². The van der Waals surface area contributed by atoms with Crippen molar-refractivity contribution in [3.8, 4) is 0 Å². The van der Waals surface area contributed by atoms with E-state index in [0.29, 0.717) is 31.2 Å². The normalized spacial score (nSPS) is 17.7. The number of carbonyl (C=O) groups is 2. The minimum Gasteiger partial charge on any atom is -0.345 e. The number of carbonyl (C=O) groups excluding carboxylic acids is 2. The van der Waals surface area contributed by atoms with E-state index in [4.69, 9.17) is 0 Å². The molecule has 3 rings (SSSR count). The van der Waals surface area contributed by atoms with Gasteiger partial charge in [0, 0.05) is 19.6 Å². The van der Waals surface area contributed by atoms with Crippen molar-refractivity contribution in [3.05, 3.63) is 24.5 Å². The van der Waals surface area contributed by atoms with E-state index in [-0.39, 0.29) is 17.9 Å². The molecule has 7 nitrogen and oxygen atoms in total. The molecule has 1 aromatic carbocycles. The van der Waals surface area contributed by atoms with Gasteiger partial charge in [0.1, 0.15) is 5.52 Å². The maximum absolute atomic E-state index is 12.7. The Morgan fingerprint density at radius 2 is 2.24 bits per heavy atom. The molecule has 0 bridgehead atoms. The lowest BCUT2D eigenvalue weighted by Gasteiger charge is -2.32. The molecule has 1 fully saturated rings. The van der Waals surface area contributed by atoms with Crippen molar-refractivity contribution >= 4 is 28.7 Å². The van der Waals surface area contributed by atoms with Crippen LogP contribution in [0.5, 0.6) is 0 Å². The number of amides is 3. The number of imidazole rings is 1. The molecule has 25 heavy (non-hydrogen) atoms. The number of piperidine rings is 1. The second-order valence-corrected chi connectivity index (χ2v) is 6.96. The Balaban J connectivity index is 1.62. The third kappa shape index (κ3) is 4.10. The number of para-hydroxylation sites is 1. The summed E-state index contributed by atoms with van der Waals surface area (Å²) in [5.41, 5.74) is 2.33. The van der Waals surface area contributed by atoms with E-state index >= 15 is 0 Å². The number of hydrogen-bond acceptors (Lipinski definition) is 3. The number of benzene rings is 1. The molecule has 7 heteroatoms. The maximum Gasteiger partial charge on any atom is 0.317 e. The SMILES string of the molecule is CC(C)CNC(=O)N1CCC[C@@H](C(=O)Nc2cccc3[nH]cnc23)C1. The molecule has 1 saturated heterocycles. The average molecular weight is 343 g/mol. The van der Waals surface area contributed by atoms with Crippen molar-refractivity contribution in [3.63, 3.8) is 0 Å². The Morgan fingerprint density at radius 1 is 1.40 bits per heavy atom. The lowest BCUT2D eigenvalue weighted by Crippen LogP contribution is -2.48. The third-order valence-electron chi connectivity index (χ3n) is 4.45. The van der Waals surface area contributed by atoms with Crippen molar-refractivity contribution < 1.29 is 9.59 Å². The summed E-state index contributed by atoms with van der Waals surface area (Å²) in [6, 6.07) is 5.56. The van der Waals surface area contributed by atoms with Crippen molar-refractivity contribution in [1.29, 1.82) is 0 Å². The van der Waals surface area contributed by atoms with Crippen LogP contribution in [0.4, 0.5) is 10.5 Å². The monoisotopic (exact) mass is 343 g/mol. The molecule has 0 aliphatic carbocycles. The number of urea groups is 1. The molecule has 0 spiro atoms. The fraction of sp³-hybridized carbons (Fsp3) is 0.500. The first-order valence-corrected chi connectivity index (χ1v) is 8.80. The Labute approximate surface area is 147 Å². The van der Waals surface area contributed by atoms with Crippen LogP contribution < -0.4 is 10.6 Å². The van der Waals surface area contributed by atoms with Crippen molar-refractivity contribution in [1.82, 2.24) is 20.2 Å². The van der Waals surface area contributed by atoms with Gasteiger partial charge in [-0.1, -0.05) is 19.9 Å². The average Bonchev–Trinajstić information content (AvgIpc) is 3.09. The van der Waals surface area contributed by atoms with Gasteiger partial charge in [-0.15, -0.1) is 0 Å². The number of likely N-dealkylation sites (tertiary alicyclic amines) is 1. The van der Waals surface area contributed by atoms with Crippen LogP contribution in [0.25, 0.3) is 11.0 Å². The number of fused-ring (bicyclic) bond motifs is 1. The smallest absolute Gasteiger partial charge is 0.317 e. The number of nitrogens with zero attached hydrogens (tertiary/aromatic N) is 2. The van der Waals surface area contributed by atoms with E-state index in [2.05, 4.69) is 34.4 Å². The second-order valence-electron chi connectivity index (χ2n) is 6.96. The van der Waals surface area contributed by atoms with Crippen LogP contribution >= 0.6 is 0 Å². The van der Waals surface area contributed by atoms with Crippen LogP contribution in [-0.2, 0) is 4.79 Å². The number of nitrogens with one attached hydrogen (secondary N) is 3. The number of H-pyrrole nitrogens is 1. The Hall–Kier alpha value is -2.57. The molecule has 2 aromatic rings. The summed E-state index contributed by atoms with van der Waals surface area (Å²) < 4.78 is 0.